The number of nitrogens with one attached hydrogen (secondary N) is 2. The summed E-state index contributed by atoms with van der Waals surface area (Å²) < 4.78 is 5.58. The average Bonchev–Trinajstić information content (AvgIpc) is 2.79. The van der Waals surface area contributed by atoms with Crippen LogP contribution in [0.5, 0.6) is 0 Å². The number of likely N-dealkylation sites (N-methyl/N-ethyl adjacent to an activating group) is 1. The van der Waals surface area contributed by atoms with Gasteiger partial charge in [0.25, 0.3) is 0 Å². The van der Waals surface area contributed by atoms with E-state index in [0.29, 0.717) is 6.54 Å². The van der Waals surface area contributed by atoms with Crippen molar-refractivity contribution in [2.75, 3.05) is 39.8 Å². The molecule has 16 heavy (non-hydrogen) atoms. The first-order chi connectivity index (χ1) is 7.75. The molecule has 1 unspecified atom stereocenters. The molecule has 0 aromatic carbocycles. The Hall–Kier alpha value is -0.650. The summed E-state index contributed by atoms with van der Waals surface area (Å²) in [5, 5.41) is 6.15. The lowest BCUT2D eigenvalue weighted by Crippen LogP contribution is -2.48. The third-order valence-corrected chi connectivity index (χ3v) is 3.22. The Bertz CT molecular complexity index is 241. The molecule has 5 nitrogen and oxygen atoms in total. The molecule has 1 amide bonds. The van der Waals surface area contributed by atoms with Crippen molar-refractivity contribution in [2.24, 2.45) is 0 Å². The van der Waals surface area contributed by atoms with Crippen LogP contribution in [0, 0.1) is 0 Å². The number of hydrogen-bond donors (Lipinski definition) is 2. The minimum Gasteiger partial charge on any atom is -0.374 e. The first-order valence-corrected chi connectivity index (χ1v) is 6.07. The SMILES string of the molecule is CN1CCOC(CNC(=O)[C@H]2CCCN2)C1. The number of amides is 1. The second-order valence-corrected chi connectivity index (χ2v) is 4.65. The van der Waals surface area contributed by atoms with Crippen LogP contribution in [-0.4, -0.2) is 62.8 Å². The van der Waals surface area contributed by atoms with E-state index in [9.17, 15) is 4.79 Å². The van der Waals surface area contributed by atoms with E-state index < -0.39 is 0 Å². The fraction of sp³-hybridized carbons (Fsp3) is 0.909. The molecule has 5 heteroatoms. The van der Waals surface area contributed by atoms with Crippen molar-refractivity contribution in [3.63, 3.8) is 0 Å². The molecule has 0 spiro atoms. The Balaban J connectivity index is 1.67. The zero-order valence-electron chi connectivity index (χ0n) is 9.87. The molecule has 2 heterocycles. The van der Waals surface area contributed by atoms with Crippen LogP contribution in [0.1, 0.15) is 12.8 Å². The third kappa shape index (κ3) is 3.17. The van der Waals surface area contributed by atoms with Crippen LogP contribution in [0.25, 0.3) is 0 Å². The van der Waals surface area contributed by atoms with Gasteiger partial charge in [0.15, 0.2) is 0 Å². The summed E-state index contributed by atoms with van der Waals surface area (Å²) in [6, 6.07) is 0.0151. The second kappa shape index (κ2) is 5.61. The summed E-state index contributed by atoms with van der Waals surface area (Å²) in [6.07, 6.45) is 2.20. The summed E-state index contributed by atoms with van der Waals surface area (Å²) >= 11 is 0. The average molecular weight is 227 g/mol. The smallest absolute Gasteiger partial charge is 0.237 e. The van der Waals surface area contributed by atoms with Crippen molar-refractivity contribution in [1.29, 1.82) is 0 Å². The van der Waals surface area contributed by atoms with Crippen LogP contribution in [-0.2, 0) is 9.53 Å². The quantitative estimate of drug-likeness (QED) is 0.662. The van der Waals surface area contributed by atoms with E-state index in [1.807, 2.05) is 0 Å². The van der Waals surface area contributed by atoms with Gasteiger partial charge in [0.05, 0.1) is 18.8 Å². The van der Waals surface area contributed by atoms with Crippen molar-refractivity contribution < 1.29 is 9.53 Å². The molecular weight excluding hydrogens is 206 g/mol. The number of nitrogens with zero attached hydrogens (tertiary/aromatic N) is 1. The van der Waals surface area contributed by atoms with Crippen molar-refractivity contribution in [3.05, 3.63) is 0 Å². The minimum atomic E-state index is 0.0151. The van der Waals surface area contributed by atoms with Crippen LogP contribution in [0.15, 0.2) is 0 Å². The second-order valence-electron chi connectivity index (χ2n) is 4.65. The molecule has 2 aliphatic rings. The van der Waals surface area contributed by atoms with E-state index in [2.05, 4.69) is 22.6 Å². The fourth-order valence-electron chi connectivity index (χ4n) is 2.24. The normalized spacial score (nSPS) is 31.6. The van der Waals surface area contributed by atoms with Crippen molar-refractivity contribution in [3.8, 4) is 0 Å². The van der Waals surface area contributed by atoms with E-state index in [-0.39, 0.29) is 18.1 Å². The molecular formula is C11H21N3O2. The fourth-order valence-corrected chi connectivity index (χ4v) is 2.24. The van der Waals surface area contributed by atoms with Crippen molar-refractivity contribution >= 4 is 5.91 Å². The van der Waals surface area contributed by atoms with Gasteiger partial charge in [-0.1, -0.05) is 0 Å². The molecule has 0 aromatic heterocycles. The van der Waals surface area contributed by atoms with E-state index in [4.69, 9.17) is 4.74 Å². The highest BCUT2D eigenvalue weighted by atomic mass is 16.5. The number of carbonyl (C=O) groups is 1. The monoisotopic (exact) mass is 227 g/mol. The maximum absolute atomic E-state index is 11.7. The lowest BCUT2D eigenvalue weighted by Gasteiger charge is -2.30. The molecule has 0 bridgehead atoms. The van der Waals surface area contributed by atoms with Gasteiger partial charge < -0.3 is 20.3 Å². The summed E-state index contributed by atoms with van der Waals surface area (Å²) in [5.41, 5.74) is 0. The Morgan fingerprint density at radius 1 is 1.62 bits per heavy atom. The highest BCUT2D eigenvalue weighted by Crippen LogP contribution is 2.05. The molecule has 2 N–H and O–H groups in total. The Morgan fingerprint density at radius 3 is 3.19 bits per heavy atom. The highest BCUT2D eigenvalue weighted by molar-refractivity contribution is 5.82. The number of morpholine rings is 1. The molecule has 2 saturated heterocycles. The zero-order chi connectivity index (χ0) is 11.4. The van der Waals surface area contributed by atoms with Gasteiger partial charge in [-0.15, -0.1) is 0 Å². The highest BCUT2D eigenvalue weighted by Gasteiger charge is 2.23. The zero-order valence-corrected chi connectivity index (χ0v) is 9.87. The van der Waals surface area contributed by atoms with Gasteiger partial charge in [0, 0.05) is 19.6 Å². The van der Waals surface area contributed by atoms with Gasteiger partial charge in [-0.2, -0.15) is 0 Å². The van der Waals surface area contributed by atoms with Gasteiger partial charge >= 0.3 is 0 Å². The largest absolute Gasteiger partial charge is 0.374 e. The summed E-state index contributed by atoms with van der Waals surface area (Å²) in [7, 11) is 2.08. The first kappa shape index (κ1) is 11.8. The van der Waals surface area contributed by atoms with Crippen molar-refractivity contribution in [2.45, 2.75) is 25.0 Å². The number of ether oxygens (including phenoxy) is 1. The molecule has 0 radical (unpaired) electrons. The molecule has 92 valence electrons. The van der Waals surface area contributed by atoms with Gasteiger partial charge in [-0.05, 0) is 26.4 Å². The van der Waals surface area contributed by atoms with Gasteiger partial charge in [-0.3, -0.25) is 4.79 Å². The van der Waals surface area contributed by atoms with E-state index >= 15 is 0 Å². The third-order valence-electron chi connectivity index (χ3n) is 3.22. The molecule has 0 aromatic rings. The molecule has 2 aliphatic heterocycles. The van der Waals surface area contributed by atoms with Crippen LogP contribution < -0.4 is 10.6 Å². The lowest BCUT2D eigenvalue weighted by atomic mass is 10.2. The summed E-state index contributed by atoms with van der Waals surface area (Å²) in [4.78, 5) is 14.0. The first-order valence-electron chi connectivity index (χ1n) is 6.07. The van der Waals surface area contributed by atoms with Gasteiger partial charge in [0.1, 0.15) is 0 Å². The predicted molar refractivity (Wildman–Crippen MR) is 61.3 cm³/mol. The standard InChI is InChI=1S/C11H21N3O2/c1-14-5-6-16-9(8-14)7-13-11(15)10-3-2-4-12-10/h9-10,12H,2-8H2,1H3,(H,13,15)/t9?,10-/m1/s1. The Morgan fingerprint density at radius 2 is 2.50 bits per heavy atom. The van der Waals surface area contributed by atoms with Crippen LogP contribution in [0.4, 0.5) is 0 Å². The molecule has 2 atom stereocenters. The van der Waals surface area contributed by atoms with Crippen LogP contribution in [0.3, 0.4) is 0 Å². The Kier molecular flexibility index (Phi) is 4.15. The Labute approximate surface area is 96.5 Å². The lowest BCUT2D eigenvalue weighted by molar-refractivity contribution is -0.123. The molecule has 0 aliphatic carbocycles. The summed E-state index contributed by atoms with van der Waals surface area (Å²) in [6.45, 7) is 4.23. The van der Waals surface area contributed by atoms with Crippen LogP contribution >= 0.6 is 0 Å². The number of rotatable bonds is 3. The van der Waals surface area contributed by atoms with E-state index in [0.717, 1.165) is 39.1 Å². The topological polar surface area (TPSA) is 53.6 Å². The predicted octanol–water partition coefficient (Wildman–Crippen LogP) is -0.815. The van der Waals surface area contributed by atoms with Gasteiger partial charge in [-0.25, -0.2) is 0 Å². The van der Waals surface area contributed by atoms with Crippen molar-refractivity contribution in [1.82, 2.24) is 15.5 Å². The minimum absolute atomic E-state index is 0.0151. The molecule has 0 saturated carbocycles. The van der Waals surface area contributed by atoms with E-state index in [1.54, 1.807) is 0 Å². The maximum Gasteiger partial charge on any atom is 0.237 e. The molecule has 2 fully saturated rings. The summed E-state index contributed by atoms with van der Waals surface area (Å²) in [5.74, 6) is 0.120. The van der Waals surface area contributed by atoms with Crippen LogP contribution in [0.2, 0.25) is 0 Å². The number of carbonyl (C=O) groups excluding carboxylic acids is 1. The van der Waals surface area contributed by atoms with Gasteiger partial charge in [0.2, 0.25) is 5.91 Å². The van der Waals surface area contributed by atoms with E-state index in [1.165, 1.54) is 0 Å². The number of hydrogen-bond acceptors (Lipinski definition) is 4. The maximum atomic E-state index is 11.7. The molecule has 2 rings (SSSR count).